The number of likely N-dealkylation sites (tertiary alicyclic amines) is 1. The van der Waals surface area contributed by atoms with Crippen molar-refractivity contribution in [3.05, 3.63) is 35.9 Å². The van der Waals surface area contributed by atoms with Gasteiger partial charge in [-0.05, 0) is 64.2 Å². The molecule has 0 aromatic heterocycles. The van der Waals surface area contributed by atoms with Gasteiger partial charge in [-0.2, -0.15) is 0 Å². The molecule has 1 aromatic rings. The van der Waals surface area contributed by atoms with E-state index >= 15 is 0 Å². The van der Waals surface area contributed by atoms with Crippen LogP contribution in [0.5, 0.6) is 0 Å². The summed E-state index contributed by atoms with van der Waals surface area (Å²) in [6.45, 7) is 9.13. The van der Waals surface area contributed by atoms with Crippen LogP contribution in [0.3, 0.4) is 0 Å². The number of hydrogen-bond acceptors (Lipinski definition) is 3. The Hall–Kier alpha value is -0.900. The molecule has 1 aliphatic rings. The van der Waals surface area contributed by atoms with Crippen LogP contribution < -0.4 is 0 Å². The maximum Gasteiger partial charge on any atom is 0.0599 e. The van der Waals surface area contributed by atoms with Crippen LogP contribution in [0.25, 0.3) is 0 Å². The lowest BCUT2D eigenvalue weighted by Gasteiger charge is -2.32. The maximum absolute atomic E-state index is 6.13. The van der Waals surface area contributed by atoms with Crippen LogP contribution in [0.15, 0.2) is 30.3 Å². The van der Waals surface area contributed by atoms with Crippen LogP contribution in [-0.4, -0.2) is 55.7 Å². The maximum atomic E-state index is 6.13. The van der Waals surface area contributed by atoms with E-state index in [2.05, 4.69) is 54.1 Å². The normalized spacial score (nSPS) is 16.4. The molecule has 148 valence electrons. The minimum absolute atomic E-state index is 0.485. The quantitative estimate of drug-likeness (QED) is 0.462. The number of rotatable bonds is 13. The average molecular weight is 361 g/mol. The van der Waals surface area contributed by atoms with E-state index in [0.717, 1.165) is 13.2 Å². The van der Waals surface area contributed by atoms with Gasteiger partial charge in [0.2, 0.25) is 0 Å². The van der Waals surface area contributed by atoms with Crippen LogP contribution in [0, 0.1) is 0 Å². The molecule has 1 fully saturated rings. The third kappa shape index (κ3) is 9.16. The minimum atomic E-state index is 0.485. The van der Waals surface area contributed by atoms with Gasteiger partial charge in [0.25, 0.3) is 0 Å². The van der Waals surface area contributed by atoms with E-state index < -0.39 is 0 Å². The van der Waals surface area contributed by atoms with E-state index in [-0.39, 0.29) is 0 Å². The van der Waals surface area contributed by atoms with Gasteiger partial charge in [-0.3, -0.25) is 4.90 Å². The molecule has 1 heterocycles. The van der Waals surface area contributed by atoms with Crippen LogP contribution in [0.2, 0.25) is 0 Å². The lowest BCUT2D eigenvalue weighted by molar-refractivity contribution is 0.00417. The molecule has 26 heavy (non-hydrogen) atoms. The fourth-order valence-electron chi connectivity index (χ4n) is 3.73. The van der Waals surface area contributed by atoms with Gasteiger partial charge < -0.3 is 9.64 Å². The van der Waals surface area contributed by atoms with E-state index in [9.17, 15) is 0 Å². The molecule has 0 amide bonds. The Kier molecular flexibility index (Phi) is 10.9. The summed E-state index contributed by atoms with van der Waals surface area (Å²) >= 11 is 0. The number of piperidine rings is 1. The highest BCUT2D eigenvalue weighted by molar-refractivity contribution is 5.14. The van der Waals surface area contributed by atoms with Crippen molar-refractivity contribution in [3.8, 4) is 0 Å². The third-order valence-electron chi connectivity index (χ3n) is 5.46. The second-order valence-electron chi connectivity index (χ2n) is 7.90. The predicted molar refractivity (Wildman–Crippen MR) is 112 cm³/mol. The number of hydrogen-bond donors (Lipinski definition) is 0. The molecule has 0 atom stereocenters. The molecular weight excluding hydrogens is 320 g/mol. The van der Waals surface area contributed by atoms with Crippen molar-refractivity contribution in [2.45, 2.75) is 70.9 Å². The van der Waals surface area contributed by atoms with Crippen molar-refractivity contribution in [1.82, 2.24) is 9.80 Å². The van der Waals surface area contributed by atoms with Crippen LogP contribution in [-0.2, 0) is 11.3 Å². The van der Waals surface area contributed by atoms with Gasteiger partial charge in [-0.25, -0.2) is 0 Å². The van der Waals surface area contributed by atoms with Crippen molar-refractivity contribution in [3.63, 3.8) is 0 Å². The summed E-state index contributed by atoms with van der Waals surface area (Å²) in [4.78, 5) is 5.04. The minimum Gasteiger partial charge on any atom is -0.378 e. The van der Waals surface area contributed by atoms with Gasteiger partial charge in [0, 0.05) is 26.2 Å². The molecule has 1 saturated heterocycles. The van der Waals surface area contributed by atoms with Gasteiger partial charge in [0.1, 0.15) is 0 Å². The summed E-state index contributed by atoms with van der Waals surface area (Å²) in [5.41, 5.74) is 1.42. The zero-order valence-corrected chi connectivity index (χ0v) is 17.2. The first kappa shape index (κ1) is 21.4. The predicted octanol–water partition coefficient (Wildman–Crippen LogP) is 4.96. The van der Waals surface area contributed by atoms with Crippen molar-refractivity contribution in [2.24, 2.45) is 0 Å². The summed E-state index contributed by atoms with van der Waals surface area (Å²) in [5, 5.41) is 0. The second kappa shape index (κ2) is 13.3. The molecule has 3 heteroatoms. The van der Waals surface area contributed by atoms with E-state index in [1.54, 1.807) is 0 Å². The number of benzene rings is 1. The lowest BCUT2D eigenvalue weighted by atomic mass is 10.1. The van der Waals surface area contributed by atoms with E-state index in [1.165, 1.54) is 83.1 Å². The summed E-state index contributed by atoms with van der Waals surface area (Å²) in [6, 6.07) is 10.8. The van der Waals surface area contributed by atoms with Gasteiger partial charge >= 0.3 is 0 Å². The molecule has 0 aliphatic carbocycles. The number of unbranched alkanes of at least 4 members (excludes halogenated alkanes) is 4. The number of nitrogens with zero attached hydrogens (tertiary/aromatic N) is 2. The summed E-state index contributed by atoms with van der Waals surface area (Å²) in [5.74, 6) is 0. The van der Waals surface area contributed by atoms with E-state index in [4.69, 9.17) is 4.74 Å². The highest BCUT2D eigenvalue weighted by atomic mass is 16.5. The second-order valence-corrected chi connectivity index (χ2v) is 7.90. The molecule has 0 bridgehead atoms. The summed E-state index contributed by atoms with van der Waals surface area (Å²) in [6.07, 6.45) is 10.7. The molecule has 0 saturated carbocycles. The zero-order chi connectivity index (χ0) is 18.5. The largest absolute Gasteiger partial charge is 0.378 e. The van der Waals surface area contributed by atoms with Crippen molar-refractivity contribution >= 4 is 0 Å². The smallest absolute Gasteiger partial charge is 0.0599 e. The Morgan fingerprint density at radius 1 is 0.962 bits per heavy atom. The van der Waals surface area contributed by atoms with E-state index in [0.29, 0.717) is 6.10 Å². The SMILES string of the molecule is CCCCCN(C)CCCCCOC1CCN(Cc2ccccc2)CC1. The first-order chi connectivity index (χ1) is 12.8. The molecular formula is C23H40N2O. The Morgan fingerprint density at radius 2 is 1.65 bits per heavy atom. The van der Waals surface area contributed by atoms with Crippen LogP contribution in [0.4, 0.5) is 0 Å². The van der Waals surface area contributed by atoms with E-state index in [1.807, 2.05) is 0 Å². The van der Waals surface area contributed by atoms with Crippen LogP contribution >= 0.6 is 0 Å². The fraction of sp³-hybridized carbons (Fsp3) is 0.739. The first-order valence-corrected chi connectivity index (χ1v) is 10.8. The van der Waals surface area contributed by atoms with Gasteiger partial charge in [0.05, 0.1) is 6.10 Å². The van der Waals surface area contributed by atoms with Crippen LogP contribution in [0.1, 0.15) is 63.9 Å². The average Bonchev–Trinajstić information content (AvgIpc) is 2.67. The van der Waals surface area contributed by atoms with Gasteiger partial charge in [-0.1, -0.05) is 50.1 Å². The van der Waals surface area contributed by atoms with Crippen molar-refractivity contribution in [2.75, 3.05) is 39.8 Å². The first-order valence-electron chi connectivity index (χ1n) is 10.8. The summed E-state index contributed by atoms with van der Waals surface area (Å²) in [7, 11) is 2.26. The third-order valence-corrected chi connectivity index (χ3v) is 5.46. The Bertz CT molecular complexity index is 443. The van der Waals surface area contributed by atoms with Gasteiger partial charge in [0.15, 0.2) is 0 Å². The Balaban J connectivity index is 1.44. The van der Waals surface area contributed by atoms with Crippen molar-refractivity contribution in [1.29, 1.82) is 0 Å². The lowest BCUT2D eigenvalue weighted by Crippen LogP contribution is -2.36. The molecule has 0 N–H and O–H groups in total. The molecule has 0 unspecified atom stereocenters. The topological polar surface area (TPSA) is 15.7 Å². The molecule has 1 aromatic carbocycles. The van der Waals surface area contributed by atoms with Gasteiger partial charge in [-0.15, -0.1) is 0 Å². The highest BCUT2D eigenvalue weighted by Crippen LogP contribution is 2.16. The molecule has 1 aliphatic heterocycles. The summed E-state index contributed by atoms with van der Waals surface area (Å²) < 4.78 is 6.13. The molecule has 0 spiro atoms. The van der Waals surface area contributed by atoms with Crippen molar-refractivity contribution < 1.29 is 4.74 Å². The standard InChI is InChI=1S/C23H40N2O/c1-3-4-9-16-24(2)17-10-6-11-20-26-23-14-18-25(19-15-23)21-22-12-7-5-8-13-22/h5,7-8,12-13,23H,3-4,6,9-11,14-21H2,1-2H3. The Labute approximate surface area is 161 Å². The molecule has 3 nitrogen and oxygen atoms in total. The molecule has 0 radical (unpaired) electrons. The number of ether oxygens (including phenoxy) is 1. The zero-order valence-electron chi connectivity index (χ0n) is 17.2. The molecule has 2 rings (SSSR count). The Morgan fingerprint density at radius 3 is 2.35 bits per heavy atom. The monoisotopic (exact) mass is 360 g/mol. The highest BCUT2D eigenvalue weighted by Gasteiger charge is 2.19. The fourth-order valence-corrected chi connectivity index (χ4v) is 3.73.